The molecule has 0 bridgehead atoms. The molecular formula is C14H14IN3O2S. The van der Waals surface area contributed by atoms with Crippen LogP contribution in [0.1, 0.15) is 17.3 Å². The number of thioether (sulfide) groups is 1. The Morgan fingerprint density at radius 3 is 2.86 bits per heavy atom. The van der Waals surface area contributed by atoms with Gasteiger partial charge >= 0.3 is 5.97 Å². The van der Waals surface area contributed by atoms with Crippen LogP contribution in [0.5, 0.6) is 0 Å². The van der Waals surface area contributed by atoms with Crippen molar-refractivity contribution < 1.29 is 9.53 Å². The summed E-state index contributed by atoms with van der Waals surface area (Å²) < 4.78 is 6.08. The van der Waals surface area contributed by atoms with Crippen molar-refractivity contribution >= 4 is 51.8 Å². The lowest BCUT2D eigenvalue weighted by atomic mass is 10.2. The first-order valence-corrected chi connectivity index (χ1v) is 8.55. The largest absolute Gasteiger partial charge is 0.462 e. The van der Waals surface area contributed by atoms with E-state index in [2.05, 4.69) is 37.9 Å². The molecule has 1 aromatic carbocycles. The molecular weight excluding hydrogens is 401 g/mol. The van der Waals surface area contributed by atoms with Crippen molar-refractivity contribution in [1.29, 1.82) is 0 Å². The van der Waals surface area contributed by atoms with Crippen LogP contribution in [-0.2, 0) is 4.74 Å². The summed E-state index contributed by atoms with van der Waals surface area (Å²) in [6.07, 6.45) is 3.38. The van der Waals surface area contributed by atoms with Crippen LogP contribution in [0.15, 0.2) is 35.6 Å². The number of nitrogens with zero attached hydrogens (tertiary/aromatic N) is 2. The predicted molar refractivity (Wildman–Crippen MR) is 92.2 cm³/mol. The topological polar surface area (TPSA) is 64.1 Å². The third kappa shape index (κ3) is 4.07. The Balaban J connectivity index is 2.39. The number of hydrogen-bond donors (Lipinski definition) is 1. The molecule has 1 heterocycles. The first-order chi connectivity index (χ1) is 10.2. The number of nitrogens with one attached hydrogen (secondary N) is 1. The Hall–Kier alpha value is -1.35. The highest BCUT2D eigenvalue weighted by atomic mass is 127. The zero-order chi connectivity index (χ0) is 15.2. The zero-order valence-corrected chi connectivity index (χ0v) is 14.6. The van der Waals surface area contributed by atoms with E-state index >= 15 is 0 Å². The number of halogens is 1. The molecule has 0 spiro atoms. The molecule has 1 aromatic heterocycles. The maximum absolute atomic E-state index is 12.0. The molecule has 0 aliphatic carbocycles. The summed E-state index contributed by atoms with van der Waals surface area (Å²) in [4.78, 5) is 20.5. The molecule has 21 heavy (non-hydrogen) atoms. The number of hydrogen-bond acceptors (Lipinski definition) is 6. The summed E-state index contributed by atoms with van der Waals surface area (Å²) >= 11 is 3.64. The highest BCUT2D eigenvalue weighted by molar-refractivity contribution is 14.1. The van der Waals surface area contributed by atoms with E-state index in [4.69, 9.17) is 4.74 Å². The van der Waals surface area contributed by atoms with Gasteiger partial charge in [-0.05, 0) is 47.9 Å². The Morgan fingerprint density at radius 2 is 2.19 bits per heavy atom. The number of carbonyl (C=O) groups excluding carboxylic acids is 1. The van der Waals surface area contributed by atoms with Gasteiger partial charge in [0.2, 0.25) is 0 Å². The van der Waals surface area contributed by atoms with E-state index in [9.17, 15) is 4.79 Å². The van der Waals surface area contributed by atoms with E-state index in [1.54, 1.807) is 6.92 Å². The van der Waals surface area contributed by atoms with E-state index in [-0.39, 0.29) is 0 Å². The summed E-state index contributed by atoms with van der Waals surface area (Å²) in [5.41, 5.74) is 1.21. The van der Waals surface area contributed by atoms with Gasteiger partial charge in [0.05, 0.1) is 12.3 Å². The van der Waals surface area contributed by atoms with Crippen LogP contribution in [0.25, 0.3) is 0 Å². The van der Waals surface area contributed by atoms with Gasteiger partial charge in [-0.1, -0.05) is 23.9 Å². The van der Waals surface area contributed by atoms with Crippen molar-refractivity contribution in [1.82, 2.24) is 9.97 Å². The molecule has 0 unspecified atom stereocenters. The minimum Gasteiger partial charge on any atom is -0.462 e. The van der Waals surface area contributed by atoms with E-state index in [1.807, 2.05) is 30.5 Å². The summed E-state index contributed by atoms with van der Waals surface area (Å²) in [7, 11) is 0. The number of benzene rings is 1. The normalized spacial score (nSPS) is 10.2. The third-order valence-electron chi connectivity index (χ3n) is 2.57. The maximum Gasteiger partial charge on any atom is 0.343 e. The number of para-hydroxylation sites is 1. The lowest BCUT2D eigenvalue weighted by Crippen LogP contribution is -2.11. The average molecular weight is 415 g/mol. The molecule has 0 aliphatic rings. The van der Waals surface area contributed by atoms with Crippen molar-refractivity contribution in [2.24, 2.45) is 0 Å². The van der Waals surface area contributed by atoms with E-state index < -0.39 is 5.97 Å². The highest BCUT2D eigenvalue weighted by Gasteiger charge is 2.16. The first kappa shape index (κ1) is 16.0. The monoisotopic (exact) mass is 415 g/mol. The Morgan fingerprint density at radius 1 is 1.43 bits per heavy atom. The lowest BCUT2D eigenvalue weighted by Gasteiger charge is -2.12. The van der Waals surface area contributed by atoms with Crippen LogP contribution >= 0.6 is 34.4 Å². The number of anilines is 2. The summed E-state index contributed by atoms with van der Waals surface area (Å²) in [6.45, 7) is 2.08. The Labute approximate surface area is 141 Å². The van der Waals surface area contributed by atoms with Gasteiger partial charge in [0.15, 0.2) is 5.16 Å². The molecule has 0 saturated carbocycles. The summed E-state index contributed by atoms with van der Waals surface area (Å²) in [5.74, 6) is 0.0236. The Kier molecular flexibility index (Phi) is 5.80. The van der Waals surface area contributed by atoms with Crippen molar-refractivity contribution in [3.05, 3.63) is 39.6 Å². The second-order valence-corrected chi connectivity index (χ2v) is 5.88. The predicted octanol–water partition coefficient (Wildman–Crippen LogP) is 3.72. The maximum atomic E-state index is 12.0. The van der Waals surface area contributed by atoms with E-state index in [0.29, 0.717) is 23.1 Å². The van der Waals surface area contributed by atoms with Gasteiger partial charge in [0.1, 0.15) is 11.4 Å². The molecule has 2 rings (SSSR count). The fraction of sp³-hybridized carbons (Fsp3) is 0.214. The Bertz CT molecular complexity index is 652. The first-order valence-electron chi connectivity index (χ1n) is 6.25. The number of esters is 1. The minimum absolute atomic E-state index is 0.311. The number of rotatable bonds is 5. The molecule has 110 valence electrons. The van der Waals surface area contributed by atoms with Crippen molar-refractivity contribution in [2.45, 2.75) is 12.1 Å². The molecule has 0 amide bonds. The summed E-state index contributed by atoms with van der Waals surface area (Å²) in [6, 6.07) is 7.78. The van der Waals surface area contributed by atoms with Crippen LogP contribution in [0.3, 0.4) is 0 Å². The molecule has 0 saturated heterocycles. The molecule has 0 fully saturated rings. The van der Waals surface area contributed by atoms with Crippen LogP contribution in [0.2, 0.25) is 0 Å². The quantitative estimate of drug-likeness (QED) is 0.348. The average Bonchev–Trinajstić information content (AvgIpc) is 2.49. The molecule has 5 nitrogen and oxygen atoms in total. The zero-order valence-electron chi connectivity index (χ0n) is 11.6. The number of carbonyl (C=O) groups is 1. The molecule has 7 heteroatoms. The second-order valence-electron chi connectivity index (χ2n) is 3.94. The standard InChI is InChI=1S/C14H14IN3O2S/c1-3-20-13(19)9-8-16-14(21-2)18-12(9)17-11-7-5-4-6-10(11)15/h4-8H,3H2,1-2H3,(H,16,17,18). The van der Waals surface area contributed by atoms with Crippen LogP contribution < -0.4 is 5.32 Å². The van der Waals surface area contributed by atoms with Crippen molar-refractivity contribution in [2.75, 3.05) is 18.2 Å². The SMILES string of the molecule is CCOC(=O)c1cnc(SC)nc1Nc1ccccc1I. The van der Waals surface area contributed by atoms with Crippen LogP contribution in [0.4, 0.5) is 11.5 Å². The molecule has 2 aromatic rings. The van der Waals surface area contributed by atoms with Crippen LogP contribution in [0, 0.1) is 3.57 Å². The minimum atomic E-state index is -0.432. The van der Waals surface area contributed by atoms with Gasteiger partial charge < -0.3 is 10.1 Å². The summed E-state index contributed by atoms with van der Waals surface area (Å²) in [5, 5.41) is 3.78. The van der Waals surface area contributed by atoms with Crippen molar-refractivity contribution in [3.8, 4) is 0 Å². The van der Waals surface area contributed by atoms with Gasteiger partial charge in [0, 0.05) is 9.77 Å². The molecule has 0 radical (unpaired) electrons. The molecule has 1 N–H and O–H groups in total. The molecule has 0 aliphatic heterocycles. The molecule has 0 atom stereocenters. The number of ether oxygens (including phenoxy) is 1. The lowest BCUT2D eigenvalue weighted by molar-refractivity contribution is 0.0526. The van der Waals surface area contributed by atoms with E-state index in [1.165, 1.54) is 18.0 Å². The van der Waals surface area contributed by atoms with Gasteiger partial charge in [-0.2, -0.15) is 0 Å². The van der Waals surface area contributed by atoms with E-state index in [0.717, 1.165) is 9.26 Å². The van der Waals surface area contributed by atoms with Gasteiger partial charge in [0.25, 0.3) is 0 Å². The fourth-order valence-corrected chi connectivity index (χ4v) is 2.47. The van der Waals surface area contributed by atoms with Crippen molar-refractivity contribution in [3.63, 3.8) is 0 Å². The van der Waals surface area contributed by atoms with Gasteiger partial charge in [-0.15, -0.1) is 0 Å². The third-order valence-corrected chi connectivity index (χ3v) is 4.07. The second kappa shape index (κ2) is 7.60. The highest BCUT2D eigenvalue weighted by Crippen LogP contribution is 2.25. The van der Waals surface area contributed by atoms with Gasteiger partial charge in [-0.25, -0.2) is 14.8 Å². The van der Waals surface area contributed by atoms with Crippen LogP contribution in [-0.4, -0.2) is 28.8 Å². The van der Waals surface area contributed by atoms with Gasteiger partial charge in [-0.3, -0.25) is 0 Å². The fourth-order valence-electron chi connectivity index (χ4n) is 1.61. The smallest absolute Gasteiger partial charge is 0.343 e. The number of aromatic nitrogens is 2.